The van der Waals surface area contributed by atoms with Gasteiger partial charge >= 0.3 is 0 Å². The number of pyridine rings is 1. The van der Waals surface area contributed by atoms with Crippen LogP contribution in [0.15, 0.2) is 36.5 Å². The van der Waals surface area contributed by atoms with E-state index in [2.05, 4.69) is 31.0 Å². The number of anilines is 1. The number of likely N-dealkylation sites (tertiary alicyclic amines) is 1. The summed E-state index contributed by atoms with van der Waals surface area (Å²) in [5, 5.41) is 2.37. The highest BCUT2D eigenvalue weighted by atomic mass is 16.2. The summed E-state index contributed by atoms with van der Waals surface area (Å²) in [4.78, 5) is 51.3. The number of piperidine rings is 2. The highest BCUT2D eigenvalue weighted by Crippen LogP contribution is 2.45. The molecule has 9 nitrogen and oxygen atoms in total. The third-order valence-corrected chi connectivity index (χ3v) is 8.19. The zero-order chi connectivity index (χ0) is 24.9. The number of carbonyl (C=O) groups excluding carboxylic acids is 3. The van der Waals surface area contributed by atoms with Crippen molar-refractivity contribution in [1.82, 2.24) is 20.1 Å². The monoisotopic (exact) mass is 484 g/mol. The van der Waals surface area contributed by atoms with Crippen LogP contribution in [0, 0.1) is 12.0 Å². The van der Waals surface area contributed by atoms with E-state index in [1.807, 2.05) is 24.3 Å². The molecule has 1 aromatic carbocycles. The van der Waals surface area contributed by atoms with Gasteiger partial charge < -0.3 is 9.80 Å². The van der Waals surface area contributed by atoms with Crippen LogP contribution in [0.5, 0.6) is 0 Å². The Morgan fingerprint density at radius 1 is 1.11 bits per heavy atom. The van der Waals surface area contributed by atoms with Crippen molar-refractivity contribution in [3.63, 3.8) is 0 Å². The second-order valence-corrected chi connectivity index (χ2v) is 10.5. The molecule has 3 fully saturated rings. The van der Waals surface area contributed by atoms with E-state index in [9.17, 15) is 14.4 Å². The molecular formula is C27H28N6O3. The number of amides is 3. The van der Waals surface area contributed by atoms with Gasteiger partial charge in [-0.05, 0) is 50.6 Å². The van der Waals surface area contributed by atoms with E-state index < -0.39 is 6.04 Å². The highest BCUT2D eigenvalue weighted by molar-refractivity contribution is 6.06. The molecule has 1 spiro atoms. The van der Waals surface area contributed by atoms with Crippen LogP contribution >= 0.6 is 0 Å². The number of hydrogen-bond donors (Lipinski definition) is 1. The molecule has 36 heavy (non-hydrogen) atoms. The third kappa shape index (κ3) is 3.91. The Morgan fingerprint density at radius 3 is 2.61 bits per heavy atom. The van der Waals surface area contributed by atoms with Crippen LogP contribution in [0.3, 0.4) is 0 Å². The topological polar surface area (TPSA) is 90.2 Å². The molecule has 5 heterocycles. The Hall–Kier alpha value is -3.77. The molecule has 1 aromatic heterocycles. The first-order valence-corrected chi connectivity index (χ1v) is 12.5. The van der Waals surface area contributed by atoms with Gasteiger partial charge in [-0.25, -0.2) is 4.85 Å². The minimum absolute atomic E-state index is 0.122. The number of benzene rings is 1. The van der Waals surface area contributed by atoms with E-state index >= 15 is 0 Å². The molecule has 6 rings (SSSR count). The van der Waals surface area contributed by atoms with Crippen molar-refractivity contribution in [2.75, 3.05) is 31.1 Å². The van der Waals surface area contributed by atoms with Crippen molar-refractivity contribution in [2.24, 2.45) is 5.41 Å². The van der Waals surface area contributed by atoms with Crippen molar-refractivity contribution in [3.8, 4) is 0 Å². The lowest BCUT2D eigenvalue weighted by Crippen LogP contribution is -2.60. The smallest absolute Gasteiger partial charge is 0.255 e. The fourth-order valence-electron chi connectivity index (χ4n) is 6.11. The number of imide groups is 1. The Morgan fingerprint density at radius 2 is 1.92 bits per heavy atom. The number of rotatable bonds is 4. The summed E-state index contributed by atoms with van der Waals surface area (Å²) in [6.07, 6.45) is 4.53. The predicted octanol–water partition coefficient (Wildman–Crippen LogP) is 2.50. The first kappa shape index (κ1) is 22.7. The molecule has 0 saturated carbocycles. The lowest BCUT2D eigenvalue weighted by Gasteiger charge is -2.55. The van der Waals surface area contributed by atoms with E-state index in [-0.39, 0.29) is 24.1 Å². The molecule has 184 valence electrons. The lowest BCUT2D eigenvalue weighted by atomic mass is 9.71. The van der Waals surface area contributed by atoms with E-state index in [0.717, 1.165) is 62.5 Å². The molecule has 1 atom stereocenters. The van der Waals surface area contributed by atoms with Crippen molar-refractivity contribution in [3.05, 3.63) is 64.8 Å². The lowest BCUT2D eigenvalue weighted by molar-refractivity contribution is -0.136. The van der Waals surface area contributed by atoms with Crippen molar-refractivity contribution >= 4 is 29.1 Å². The van der Waals surface area contributed by atoms with Crippen LogP contribution in [0.1, 0.15) is 47.3 Å². The second kappa shape index (κ2) is 8.71. The van der Waals surface area contributed by atoms with Crippen LogP contribution in [0.2, 0.25) is 0 Å². The van der Waals surface area contributed by atoms with Gasteiger partial charge in [-0.3, -0.25) is 29.6 Å². The first-order chi connectivity index (χ1) is 17.4. The predicted molar refractivity (Wildman–Crippen MR) is 132 cm³/mol. The molecule has 1 unspecified atom stereocenters. The zero-order valence-electron chi connectivity index (χ0n) is 20.1. The number of nitrogens with one attached hydrogen (secondary N) is 1. The van der Waals surface area contributed by atoms with E-state index in [0.29, 0.717) is 29.6 Å². The molecule has 0 bridgehead atoms. The summed E-state index contributed by atoms with van der Waals surface area (Å²) in [5.74, 6) is -0.767. The SMILES string of the molecule is [C-]#[N+]c1ccc(CN2CCC3(CC2)CN(c2cccc4c2CN(C2CCC(=O)NC2=O)C4=O)C3)nc1. The van der Waals surface area contributed by atoms with Crippen LogP contribution in [0.4, 0.5) is 11.4 Å². The van der Waals surface area contributed by atoms with Crippen LogP contribution in [-0.4, -0.2) is 64.7 Å². The molecule has 2 aromatic rings. The molecule has 1 N–H and O–H groups in total. The number of carbonyl (C=O) groups is 3. The van der Waals surface area contributed by atoms with Crippen LogP contribution < -0.4 is 10.2 Å². The Kier molecular flexibility index (Phi) is 5.49. The Labute approximate surface area is 209 Å². The van der Waals surface area contributed by atoms with Gasteiger partial charge in [0.05, 0.1) is 12.3 Å². The molecule has 0 aliphatic carbocycles. The van der Waals surface area contributed by atoms with Gasteiger partial charge in [0.15, 0.2) is 0 Å². The summed E-state index contributed by atoms with van der Waals surface area (Å²) in [6.45, 7) is 12.3. The van der Waals surface area contributed by atoms with Gasteiger partial charge in [0.2, 0.25) is 17.5 Å². The Balaban J connectivity index is 1.08. The average molecular weight is 485 g/mol. The maximum Gasteiger partial charge on any atom is 0.255 e. The number of fused-ring (bicyclic) bond motifs is 1. The fraction of sp³-hybridized carbons (Fsp3) is 0.444. The van der Waals surface area contributed by atoms with Gasteiger partial charge in [-0.2, -0.15) is 0 Å². The third-order valence-electron chi connectivity index (χ3n) is 8.19. The van der Waals surface area contributed by atoms with Crippen molar-refractivity contribution in [2.45, 2.75) is 44.8 Å². The molecule has 9 heteroatoms. The molecular weight excluding hydrogens is 456 g/mol. The van der Waals surface area contributed by atoms with Crippen molar-refractivity contribution in [1.29, 1.82) is 0 Å². The molecule has 3 amide bonds. The second-order valence-electron chi connectivity index (χ2n) is 10.5. The maximum absolute atomic E-state index is 13.1. The average Bonchev–Trinajstić information content (AvgIpc) is 3.20. The van der Waals surface area contributed by atoms with Crippen LogP contribution in [-0.2, 0) is 22.7 Å². The summed E-state index contributed by atoms with van der Waals surface area (Å²) in [5.41, 5.74) is 4.62. The van der Waals surface area contributed by atoms with E-state index in [1.165, 1.54) is 0 Å². The molecule has 4 aliphatic rings. The van der Waals surface area contributed by atoms with Gasteiger partial charge in [0.1, 0.15) is 6.04 Å². The summed E-state index contributed by atoms with van der Waals surface area (Å²) < 4.78 is 0. The minimum Gasteiger partial charge on any atom is -0.370 e. The summed E-state index contributed by atoms with van der Waals surface area (Å²) in [7, 11) is 0. The zero-order valence-corrected chi connectivity index (χ0v) is 20.1. The van der Waals surface area contributed by atoms with Gasteiger partial charge in [0.25, 0.3) is 5.91 Å². The maximum atomic E-state index is 13.1. The highest BCUT2D eigenvalue weighted by Gasteiger charge is 2.47. The van der Waals surface area contributed by atoms with Gasteiger partial charge in [0, 0.05) is 61.0 Å². The quantitative estimate of drug-likeness (QED) is 0.530. The van der Waals surface area contributed by atoms with Crippen LogP contribution in [0.25, 0.3) is 4.85 Å². The summed E-state index contributed by atoms with van der Waals surface area (Å²) in [6, 6.07) is 9.04. The number of aromatic nitrogens is 1. The Bertz CT molecular complexity index is 1270. The first-order valence-electron chi connectivity index (χ1n) is 12.5. The van der Waals surface area contributed by atoms with E-state index in [1.54, 1.807) is 11.1 Å². The van der Waals surface area contributed by atoms with Gasteiger partial charge in [-0.15, -0.1) is 0 Å². The summed E-state index contributed by atoms with van der Waals surface area (Å²) >= 11 is 0. The standard InChI is InChI=1S/C27H28N6O3/c1-28-18-5-6-19(29-13-18)14-31-11-9-27(10-12-31)16-32(17-27)22-4-2-3-20-21(22)15-33(26(20)36)23-7-8-24(34)30-25(23)35/h2-6,13,23H,7-12,14-17H2,(H,30,34,35). The van der Waals surface area contributed by atoms with Crippen molar-refractivity contribution < 1.29 is 14.4 Å². The fourth-order valence-corrected chi connectivity index (χ4v) is 6.11. The molecule has 4 aliphatic heterocycles. The number of hydrogen-bond acceptors (Lipinski definition) is 6. The minimum atomic E-state index is -0.588. The largest absolute Gasteiger partial charge is 0.370 e. The molecule has 0 radical (unpaired) electrons. The van der Waals surface area contributed by atoms with Gasteiger partial charge in [-0.1, -0.05) is 12.1 Å². The normalized spacial score (nSPS) is 23.3. The van der Waals surface area contributed by atoms with E-state index in [4.69, 9.17) is 6.57 Å². The molecule has 3 saturated heterocycles. The number of nitrogens with zero attached hydrogens (tertiary/aromatic N) is 5.